The van der Waals surface area contributed by atoms with Gasteiger partial charge in [0.05, 0.1) is 12.4 Å². The van der Waals surface area contributed by atoms with E-state index in [9.17, 15) is 13.2 Å². The number of benzene rings is 1. The molecular formula is C19H33N7O3S. The monoisotopic (exact) mass is 439 g/mol. The van der Waals surface area contributed by atoms with Crippen LogP contribution in [0.5, 0.6) is 0 Å². The zero-order chi connectivity index (χ0) is 21.6. The Labute approximate surface area is 178 Å². The number of hydrogen-bond acceptors (Lipinski definition) is 7. The SMILES string of the molecule is CC1CC(NCCCNS(C)(=O)=O)NC(NC(=O)Nc2ccc3c(c2)CCNC3)N1. The molecule has 0 saturated carbocycles. The second-order valence-electron chi connectivity index (χ2n) is 7.94. The zero-order valence-corrected chi connectivity index (χ0v) is 18.4. The van der Waals surface area contributed by atoms with Gasteiger partial charge in [-0.25, -0.2) is 17.9 Å². The Hall–Kier alpha value is -1.76. The number of amides is 2. The topological polar surface area (TPSA) is 135 Å². The van der Waals surface area contributed by atoms with Gasteiger partial charge < -0.3 is 21.3 Å². The van der Waals surface area contributed by atoms with Crippen LogP contribution in [0, 0.1) is 0 Å². The highest BCUT2D eigenvalue weighted by atomic mass is 32.2. The van der Waals surface area contributed by atoms with Crippen molar-refractivity contribution >= 4 is 21.7 Å². The summed E-state index contributed by atoms with van der Waals surface area (Å²) >= 11 is 0. The van der Waals surface area contributed by atoms with Gasteiger partial charge in [-0.2, -0.15) is 0 Å². The number of fused-ring (bicyclic) bond motifs is 1. The minimum atomic E-state index is -3.15. The normalized spacial score (nSPS) is 24.1. The lowest BCUT2D eigenvalue weighted by atomic mass is 10.0. The Morgan fingerprint density at radius 2 is 2.03 bits per heavy atom. The first kappa shape index (κ1) is 22.9. The Kier molecular flexibility index (Phi) is 8.03. The Morgan fingerprint density at radius 3 is 2.83 bits per heavy atom. The molecule has 1 fully saturated rings. The molecule has 11 heteroatoms. The molecule has 2 amide bonds. The first-order valence-electron chi connectivity index (χ1n) is 10.4. The van der Waals surface area contributed by atoms with E-state index in [4.69, 9.17) is 0 Å². The average molecular weight is 440 g/mol. The number of anilines is 1. The minimum absolute atomic E-state index is 0.0148. The van der Waals surface area contributed by atoms with Crippen molar-refractivity contribution in [2.75, 3.05) is 31.2 Å². The molecule has 0 spiro atoms. The number of hydrogen-bond donors (Lipinski definition) is 7. The molecule has 3 unspecified atom stereocenters. The molecule has 10 nitrogen and oxygen atoms in total. The summed E-state index contributed by atoms with van der Waals surface area (Å²) in [6.07, 6.45) is 3.28. The van der Waals surface area contributed by atoms with E-state index in [-0.39, 0.29) is 24.5 Å². The molecule has 0 radical (unpaired) electrons. The van der Waals surface area contributed by atoms with E-state index in [0.29, 0.717) is 19.5 Å². The van der Waals surface area contributed by atoms with Crippen molar-refractivity contribution in [2.24, 2.45) is 0 Å². The fraction of sp³-hybridized carbons (Fsp3) is 0.632. The van der Waals surface area contributed by atoms with Gasteiger partial charge >= 0.3 is 6.03 Å². The van der Waals surface area contributed by atoms with Gasteiger partial charge in [-0.05, 0) is 62.5 Å². The lowest BCUT2D eigenvalue weighted by molar-refractivity contribution is 0.193. The van der Waals surface area contributed by atoms with Crippen LogP contribution in [0.4, 0.5) is 10.5 Å². The van der Waals surface area contributed by atoms with Crippen LogP contribution in [0.1, 0.15) is 30.9 Å². The maximum absolute atomic E-state index is 12.5. The van der Waals surface area contributed by atoms with E-state index in [1.165, 1.54) is 11.1 Å². The molecule has 2 heterocycles. The summed E-state index contributed by atoms with van der Waals surface area (Å²) < 4.78 is 24.6. The average Bonchev–Trinajstić information content (AvgIpc) is 2.66. The van der Waals surface area contributed by atoms with Gasteiger partial charge in [0.25, 0.3) is 0 Å². The van der Waals surface area contributed by atoms with Crippen molar-refractivity contribution < 1.29 is 13.2 Å². The smallest absolute Gasteiger partial charge is 0.312 e. The molecule has 2 aliphatic rings. The van der Waals surface area contributed by atoms with Gasteiger partial charge in [-0.15, -0.1) is 0 Å². The fourth-order valence-corrected chi connectivity index (χ4v) is 4.24. The Bertz CT molecular complexity index is 833. The van der Waals surface area contributed by atoms with Crippen LogP contribution < -0.4 is 36.6 Å². The molecule has 2 aliphatic heterocycles. The maximum atomic E-state index is 12.5. The number of carbonyl (C=O) groups is 1. The number of carbonyl (C=O) groups excluding carboxylic acids is 1. The van der Waals surface area contributed by atoms with Crippen molar-refractivity contribution in [3.8, 4) is 0 Å². The van der Waals surface area contributed by atoms with E-state index < -0.39 is 10.0 Å². The molecule has 0 bridgehead atoms. The number of nitrogens with one attached hydrogen (secondary N) is 7. The molecule has 0 aliphatic carbocycles. The lowest BCUT2D eigenvalue weighted by Crippen LogP contribution is -2.67. The van der Waals surface area contributed by atoms with Crippen LogP contribution in [-0.2, 0) is 23.0 Å². The summed E-state index contributed by atoms with van der Waals surface area (Å²) in [7, 11) is -3.15. The van der Waals surface area contributed by atoms with Gasteiger partial charge in [-0.1, -0.05) is 6.07 Å². The first-order chi connectivity index (χ1) is 14.3. The number of sulfonamides is 1. The molecule has 0 aromatic heterocycles. The van der Waals surface area contributed by atoms with Crippen molar-refractivity contribution in [1.82, 2.24) is 31.3 Å². The fourth-order valence-electron chi connectivity index (χ4n) is 3.72. The largest absolute Gasteiger partial charge is 0.321 e. The summed E-state index contributed by atoms with van der Waals surface area (Å²) in [5.74, 6) is 0. The molecule has 3 atom stereocenters. The maximum Gasteiger partial charge on any atom is 0.321 e. The highest BCUT2D eigenvalue weighted by Crippen LogP contribution is 2.19. The summed E-state index contributed by atoms with van der Waals surface area (Å²) in [6, 6.07) is 5.94. The van der Waals surface area contributed by atoms with E-state index >= 15 is 0 Å². The van der Waals surface area contributed by atoms with Crippen molar-refractivity contribution in [3.05, 3.63) is 29.3 Å². The molecule has 1 aromatic rings. The Balaban J connectivity index is 1.43. The first-order valence-corrected chi connectivity index (χ1v) is 12.3. The van der Waals surface area contributed by atoms with Crippen LogP contribution in [0.15, 0.2) is 18.2 Å². The van der Waals surface area contributed by atoms with Crippen LogP contribution in [0.2, 0.25) is 0 Å². The summed E-state index contributed by atoms with van der Waals surface area (Å²) in [4.78, 5) is 12.5. The third kappa shape index (κ3) is 7.49. The quantitative estimate of drug-likeness (QED) is 0.273. The number of urea groups is 1. The summed E-state index contributed by atoms with van der Waals surface area (Å²) in [6.45, 7) is 4.94. The van der Waals surface area contributed by atoms with E-state index in [1.54, 1.807) is 0 Å². The Morgan fingerprint density at radius 1 is 1.20 bits per heavy atom. The summed E-state index contributed by atoms with van der Waals surface area (Å²) in [5, 5.41) is 19.1. The molecule has 168 valence electrons. The molecule has 7 N–H and O–H groups in total. The molecule has 1 saturated heterocycles. The minimum Gasteiger partial charge on any atom is -0.312 e. The molecular weight excluding hydrogens is 406 g/mol. The van der Waals surface area contributed by atoms with E-state index in [2.05, 4.69) is 49.6 Å². The third-order valence-corrected chi connectivity index (χ3v) is 5.87. The lowest BCUT2D eigenvalue weighted by Gasteiger charge is -2.36. The second kappa shape index (κ2) is 10.5. The van der Waals surface area contributed by atoms with Crippen LogP contribution in [0.3, 0.4) is 0 Å². The third-order valence-electron chi connectivity index (χ3n) is 5.14. The predicted octanol–water partition coefficient (Wildman–Crippen LogP) is -0.436. The van der Waals surface area contributed by atoms with E-state index in [1.807, 2.05) is 12.1 Å². The van der Waals surface area contributed by atoms with Crippen LogP contribution >= 0.6 is 0 Å². The van der Waals surface area contributed by atoms with Gasteiger partial charge in [0.2, 0.25) is 10.0 Å². The molecule has 1 aromatic carbocycles. The van der Waals surface area contributed by atoms with Crippen molar-refractivity contribution in [1.29, 1.82) is 0 Å². The van der Waals surface area contributed by atoms with Crippen LogP contribution in [-0.4, -0.2) is 58.8 Å². The predicted molar refractivity (Wildman–Crippen MR) is 117 cm³/mol. The van der Waals surface area contributed by atoms with Gasteiger partial charge in [-0.3, -0.25) is 10.6 Å². The molecule has 3 rings (SSSR count). The van der Waals surface area contributed by atoms with Gasteiger partial charge in [0.1, 0.15) is 6.29 Å². The molecule has 30 heavy (non-hydrogen) atoms. The second-order valence-corrected chi connectivity index (χ2v) is 9.77. The zero-order valence-electron chi connectivity index (χ0n) is 17.5. The number of rotatable bonds is 8. The highest BCUT2D eigenvalue weighted by molar-refractivity contribution is 7.88. The van der Waals surface area contributed by atoms with E-state index in [0.717, 1.165) is 37.9 Å². The van der Waals surface area contributed by atoms with Crippen LogP contribution in [0.25, 0.3) is 0 Å². The standard InChI is InChI=1S/C19H33N7O3S/c1-13-10-17(21-7-3-8-22-30(2,28)29)25-18(23-13)26-19(27)24-16-5-4-15-12-20-9-6-14(15)11-16/h4-5,11,13,17-18,20-23,25H,3,6-10,12H2,1-2H3,(H2,24,26,27). The van der Waals surface area contributed by atoms with Gasteiger partial charge in [0.15, 0.2) is 0 Å². The summed E-state index contributed by atoms with van der Waals surface area (Å²) in [5.41, 5.74) is 3.33. The van der Waals surface area contributed by atoms with Crippen molar-refractivity contribution in [2.45, 2.75) is 51.2 Å². The van der Waals surface area contributed by atoms with Crippen molar-refractivity contribution in [3.63, 3.8) is 0 Å². The highest BCUT2D eigenvalue weighted by Gasteiger charge is 2.25. The van der Waals surface area contributed by atoms with Gasteiger partial charge in [0, 0.05) is 24.8 Å².